The fourth-order valence-corrected chi connectivity index (χ4v) is 0.985. The first-order valence-electron chi connectivity index (χ1n) is 3.78. The highest BCUT2D eigenvalue weighted by atomic mass is 19.1. The molecular formula is C7H10FN3O2. The first-order chi connectivity index (χ1) is 6.15. The van der Waals surface area contributed by atoms with Crippen LogP contribution in [-0.2, 0) is 0 Å². The minimum atomic E-state index is -0.571. The molecule has 5 nitrogen and oxygen atoms in total. The normalized spacial score (nSPS) is 10.0. The van der Waals surface area contributed by atoms with E-state index in [0.717, 1.165) is 0 Å². The lowest BCUT2D eigenvalue weighted by Crippen LogP contribution is -2.27. The van der Waals surface area contributed by atoms with E-state index < -0.39 is 17.9 Å². The summed E-state index contributed by atoms with van der Waals surface area (Å²) in [6.07, 6.45) is 0. The van der Waals surface area contributed by atoms with Gasteiger partial charge in [0.15, 0.2) is 0 Å². The Morgan fingerprint density at radius 3 is 2.62 bits per heavy atom. The molecular weight excluding hydrogens is 177 g/mol. The Morgan fingerprint density at radius 1 is 1.38 bits per heavy atom. The van der Waals surface area contributed by atoms with Crippen molar-refractivity contribution in [3.05, 3.63) is 26.5 Å². The van der Waals surface area contributed by atoms with Gasteiger partial charge >= 0.3 is 5.69 Å². The first kappa shape index (κ1) is 9.50. The zero-order valence-electron chi connectivity index (χ0n) is 7.11. The fraction of sp³-hybridized carbons (Fsp3) is 0.429. The van der Waals surface area contributed by atoms with Crippen molar-refractivity contribution in [3.8, 4) is 0 Å². The molecule has 0 aromatic carbocycles. The summed E-state index contributed by atoms with van der Waals surface area (Å²) in [4.78, 5) is 26.3. The lowest BCUT2D eigenvalue weighted by atomic mass is 10.3. The fourth-order valence-electron chi connectivity index (χ4n) is 0.985. The van der Waals surface area contributed by atoms with E-state index in [2.05, 4.69) is 10.3 Å². The van der Waals surface area contributed by atoms with Crippen LogP contribution in [0.5, 0.6) is 0 Å². The summed E-state index contributed by atoms with van der Waals surface area (Å²) in [5.41, 5.74) is -0.484. The summed E-state index contributed by atoms with van der Waals surface area (Å²) in [7, 11) is 0. The second-order valence-electron chi connectivity index (χ2n) is 2.52. The Bertz CT molecular complexity index is 395. The summed E-state index contributed by atoms with van der Waals surface area (Å²) >= 11 is 0. The van der Waals surface area contributed by atoms with E-state index in [1.54, 1.807) is 6.92 Å². The average Bonchev–Trinajstić information content (AvgIpc) is 2.02. The van der Waals surface area contributed by atoms with Gasteiger partial charge in [-0.25, -0.2) is 9.18 Å². The van der Waals surface area contributed by atoms with E-state index in [1.807, 2.05) is 4.98 Å². The third-order valence-electron chi connectivity index (χ3n) is 1.53. The molecule has 3 N–H and O–H groups in total. The van der Waals surface area contributed by atoms with Gasteiger partial charge in [0, 0.05) is 12.2 Å². The molecule has 0 radical (unpaired) electrons. The van der Waals surface area contributed by atoms with E-state index in [0.29, 0.717) is 5.69 Å². The molecule has 0 saturated carbocycles. The van der Waals surface area contributed by atoms with Crippen LogP contribution >= 0.6 is 0 Å². The molecule has 0 unspecified atom stereocenters. The van der Waals surface area contributed by atoms with Gasteiger partial charge in [0.1, 0.15) is 12.4 Å². The van der Waals surface area contributed by atoms with E-state index >= 15 is 0 Å². The largest absolute Gasteiger partial charge is 0.377 e. The van der Waals surface area contributed by atoms with E-state index in [4.69, 9.17) is 0 Å². The number of aromatic amines is 2. The number of aromatic nitrogens is 2. The number of hydrogen-bond donors (Lipinski definition) is 3. The van der Waals surface area contributed by atoms with Crippen molar-refractivity contribution in [2.24, 2.45) is 0 Å². The highest BCUT2D eigenvalue weighted by molar-refractivity contribution is 5.44. The van der Waals surface area contributed by atoms with Gasteiger partial charge in [-0.05, 0) is 6.92 Å². The van der Waals surface area contributed by atoms with Crippen molar-refractivity contribution in [2.45, 2.75) is 6.92 Å². The monoisotopic (exact) mass is 187 g/mol. The van der Waals surface area contributed by atoms with Gasteiger partial charge in [-0.2, -0.15) is 0 Å². The van der Waals surface area contributed by atoms with Crippen LogP contribution in [0.15, 0.2) is 9.59 Å². The van der Waals surface area contributed by atoms with Gasteiger partial charge < -0.3 is 10.3 Å². The van der Waals surface area contributed by atoms with Crippen LogP contribution < -0.4 is 16.6 Å². The van der Waals surface area contributed by atoms with Crippen molar-refractivity contribution in [3.63, 3.8) is 0 Å². The Balaban J connectivity index is 3.07. The van der Waals surface area contributed by atoms with E-state index in [1.165, 1.54) is 0 Å². The number of aryl methyl sites for hydroxylation is 1. The van der Waals surface area contributed by atoms with Crippen LogP contribution in [0.4, 0.5) is 10.1 Å². The van der Waals surface area contributed by atoms with Gasteiger partial charge in [-0.3, -0.25) is 9.78 Å². The highest BCUT2D eigenvalue weighted by Crippen LogP contribution is 2.00. The van der Waals surface area contributed by atoms with Crippen molar-refractivity contribution < 1.29 is 4.39 Å². The van der Waals surface area contributed by atoms with Crippen LogP contribution in [-0.4, -0.2) is 23.2 Å². The molecule has 0 aliphatic heterocycles. The van der Waals surface area contributed by atoms with E-state index in [9.17, 15) is 14.0 Å². The predicted octanol–water partition coefficient (Wildman–Crippen LogP) is -0.247. The summed E-state index contributed by atoms with van der Waals surface area (Å²) < 4.78 is 11.8. The summed E-state index contributed by atoms with van der Waals surface area (Å²) in [5.74, 6) is 0. The molecule has 0 saturated heterocycles. The molecule has 1 aromatic rings. The molecule has 0 aliphatic rings. The Hall–Kier alpha value is -1.59. The van der Waals surface area contributed by atoms with E-state index in [-0.39, 0.29) is 12.2 Å². The van der Waals surface area contributed by atoms with Crippen molar-refractivity contribution >= 4 is 5.69 Å². The molecule has 6 heteroatoms. The summed E-state index contributed by atoms with van der Waals surface area (Å²) in [6, 6.07) is 0. The second-order valence-corrected chi connectivity index (χ2v) is 2.52. The SMILES string of the molecule is Cc1[nH]c(=O)[nH]c(=O)c1NCCF. The number of anilines is 1. The zero-order chi connectivity index (χ0) is 9.84. The number of nitrogens with one attached hydrogen (secondary N) is 3. The van der Waals surface area contributed by atoms with Gasteiger partial charge in [-0.1, -0.05) is 0 Å². The molecule has 72 valence electrons. The van der Waals surface area contributed by atoms with Crippen molar-refractivity contribution in [1.82, 2.24) is 9.97 Å². The Labute approximate surface area is 73.0 Å². The molecule has 0 aliphatic carbocycles. The van der Waals surface area contributed by atoms with Gasteiger partial charge in [0.2, 0.25) is 0 Å². The average molecular weight is 187 g/mol. The lowest BCUT2D eigenvalue weighted by Gasteiger charge is -2.04. The minimum Gasteiger partial charge on any atom is -0.377 e. The van der Waals surface area contributed by atoms with Gasteiger partial charge in [-0.15, -0.1) is 0 Å². The third-order valence-corrected chi connectivity index (χ3v) is 1.53. The van der Waals surface area contributed by atoms with Crippen LogP contribution in [0.3, 0.4) is 0 Å². The number of hydrogen-bond acceptors (Lipinski definition) is 3. The molecule has 0 atom stereocenters. The van der Waals surface area contributed by atoms with Crippen LogP contribution in [0.1, 0.15) is 5.69 Å². The maximum absolute atomic E-state index is 11.8. The number of rotatable bonds is 3. The summed E-state index contributed by atoms with van der Waals surface area (Å²) in [5, 5.41) is 2.57. The minimum absolute atomic E-state index is 0.0516. The summed E-state index contributed by atoms with van der Waals surface area (Å²) in [6.45, 7) is 1.05. The lowest BCUT2D eigenvalue weighted by molar-refractivity contribution is 0.512. The maximum atomic E-state index is 11.8. The molecule has 13 heavy (non-hydrogen) atoms. The Kier molecular flexibility index (Phi) is 2.84. The van der Waals surface area contributed by atoms with Crippen LogP contribution in [0.2, 0.25) is 0 Å². The first-order valence-corrected chi connectivity index (χ1v) is 3.78. The predicted molar refractivity (Wildman–Crippen MR) is 46.9 cm³/mol. The smallest absolute Gasteiger partial charge is 0.326 e. The zero-order valence-corrected chi connectivity index (χ0v) is 7.11. The quantitative estimate of drug-likeness (QED) is 0.610. The molecule has 1 rings (SSSR count). The van der Waals surface area contributed by atoms with Crippen molar-refractivity contribution in [1.29, 1.82) is 0 Å². The number of H-pyrrole nitrogens is 2. The number of halogens is 1. The molecule has 1 aromatic heterocycles. The third kappa shape index (κ3) is 2.17. The molecule has 0 spiro atoms. The molecule has 1 heterocycles. The van der Waals surface area contributed by atoms with Crippen molar-refractivity contribution in [2.75, 3.05) is 18.5 Å². The second kappa shape index (κ2) is 3.88. The number of alkyl halides is 1. The Morgan fingerprint density at radius 2 is 2.08 bits per heavy atom. The maximum Gasteiger partial charge on any atom is 0.326 e. The standard InChI is InChI=1S/C7H10FN3O2/c1-4-5(9-3-2-8)6(12)11-7(13)10-4/h9H,2-3H2,1H3,(H2,10,11,12,13). The topological polar surface area (TPSA) is 77.8 Å². The molecule has 0 bridgehead atoms. The molecule has 0 amide bonds. The highest BCUT2D eigenvalue weighted by Gasteiger charge is 2.03. The van der Waals surface area contributed by atoms with Gasteiger partial charge in [0.25, 0.3) is 5.56 Å². The molecule has 0 fully saturated rings. The van der Waals surface area contributed by atoms with Gasteiger partial charge in [0.05, 0.1) is 0 Å². The van der Waals surface area contributed by atoms with Crippen LogP contribution in [0, 0.1) is 6.92 Å². The van der Waals surface area contributed by atoms with Crippen LogP contribution in [0.25, 0.3) is 0 Å².